The van der Waals surface area contributed by atoms with Gasteiger partial charge in [0.2, 0.25) is 0 Å². The van der Waals surface area contributed by atoms with E-state index in [0.717, 1.165) is 34.3 Å². The highest BCUT2D eigenvalue weighted by Gasteiger charge is 2.16. The summed E-state index contributed by atoms with van der Waals surface area (Å²) in [5.41, 5.74) is 2.98. The number of rotatable bonds is 1. The largest absolute Gasteiger partial charge is 0.252 e. The molecule has 3 nitrogen and oxygen atoms in total. The fourth-order valence-electron chi connectivity index (χ4n) is 2.35. The number of aromatic nitrogens is 3. The second kappa shape index (κ2) is 5.55. The maximum atomic E-state index is 6.31. The molecule has 0 fully saturated rings. The van der Waals surface area contributed by atoms with E-state index < -0.39 is 0 Å². The fourth-order valence-corrected chi connectivity index (χ4v) is 2.87. The van der Waals surface area contributed by atoms with Crippen molar-refractivity contribution in [2.75, 3.05) is 0 Å². The molecule has 2 aromatic heterocycles. The zero-order valence-electron chi connectivity index (χ0n) is 10.4. The minimum atomic E-state index is 0.589. The van der Waals surface area contributed by atoms with Crippen molar-refractivity contribution in [3.05, 3.63) is 39.2 Å². The number of hydrogen-bond donors (Lipinski definition) is 0. The van der Waals surface area contributed by atoms with Crippen molar-refractivity contribution < 1.29 is 0 Å². The van der Waals surface area contributed by atoms with Gasteiger partial charge in [-0.25, -0.2) is 9.97 Å². The van der Waals surface area contributed by atoms with Gasteiger partial charge in [-0.15, -0.1) is 0 Å². The van der Waals surface area contributed by atoms with E-state index in [1.54, 1.807) is 6.20 Å². The van der Waals surface area contributed by atoms with Crippen LogP contribution in [0.5, 0.6) is 0 Å². The lowest BCUT2D eigenvalue weighted by molar-refractivity contribution is 0.709. The van der Waals surface area contributed by atoms with Crippen LogP contribution in [-0.2, 0) is 12.8 Å². The predicted molar refractivity (Wildman–Crippen MR) is 79.2 cm³/mol. The Hall–Kier alpha value is -1.00. The molecular weight excluding hydrogens is 326 g/mol. The van der Waals surface area contributed by atoms with Crippen LogP contribution in [0.25, 0.3) is 11.5 Å². The van der Waals surface area contributed by atoms with Crippen LogP contribution in [-0.4, -0.2) is 15.0 Å². The summed E-state index contributed by atoms with van der Waals surface area (Å²) in [5, 5.41) is 0.589. The highest BCUT2D eigenvalue weighted by molar-refractivity contribution is 9.10. The van der Waals surface area contributed by atoms with E-state index in [9.17, 15) is 0 Å². The molecule has 2 aromatic rings. The Labute approximate surface area is 125 Å². The number of halogens is 2. The molecule has 1 aliphatic rings. The fraction of sp³-hybridized carbons (Fsp3) is 0.357. The van der Waals surface area contributed by atoms with Crippen molar-refractivity contribution in [2.24, 2.45) is 0 Å². The molecule has 0 radical (unpaired) electrons. The molecule has 0 saturated heterocycles. The van der Waals surface area contributed by atoms with Gasteiger partial charge < -0.3 is 0 Å². The average molecular weight is 339 g/mol. The van der Waals surface area contributed by atoms with Crippen molar-refractivity contribution in [1.29, 1.82) is 0 Å². The van der Waals surface area contributed by atoms with Gasteiger partial charge in [-0.2, -0.15) is 0 Å². The number of pyridine rings is 1. The van der Waals surface area contributed by atoms with E-state index in [-0.39, 0.29) is 0 Å². The van der Waals surface area contributed by atoms with Gasteiger partial charge in [0.15, 0.2) is 5.82 Å². The molecule has 0 unspecified atom stereocenters. The molecule has 0 atom stereocenters. The van der Waals surface area contributed by atoms with Crippen LogP contribution in [0.15, 0.2) is 22.8 Å². The van der Waals surface area contributed by atoms with Crippen LogP contribution >= 0.6 is 27.5 Å². The lowest BCUT2D eigenvalue weighted by Crippen LogP contribution is -2.02. The molecule has 0 aromatic carbocycles. The molecule has 0 amide bonds. The van der Waals surface area contributed by atoms with Crippen LogP contribution in [0.4, 0.5) is 0 Å². The first kappa shape index (κ1) is 13.0. The van der Waals surface area contributed by atoms with E-state index >= 15 is 0 Å². The molecule has 0 aliphatic heterocycles. The van der Waals surface area contributed by atoms with E-state index in [0.29, 0.717) is 11.0 Å². The van der Waals surface area contributed by atoms with Gasteiger partial charge in [0, 0.05) is 21.9 Å². The quantitative estimate of drug-likeness (QED) is 0.577. The van der Waals surface area contributed by atoms with Crippen molar-refractivity contribution in [2.45, 2.75) is 32.1 Å². The zero-order valence-corrected chi connectivity index (χ0v) is 12.7. The number of fused-ring (bicyclic) bond motifs is 1. The zero-order chi connectivity index (χ0) is 13.2. The maximum Gasteiger partial charge on any atom is 0.179 e. The van der Waals surface area contributed by atoms with Gasteiger partial charge in [-0.05, 0) is 53.7 Å². The summed E-state index contributed by atoms with van der Waals surface area (Å²) in [4.78, 5) is 13.4. The summed E-state index contributed by atoms with van der Waals surface area (Å²) in [6.45, 7) is 0. The van der Waals surface area contributed by atoms with Crippen molar-refractivity contribution >= 4 is 27.5 Å². The molecule has 0 bridgehead atoms. The first-order valence-electron chi connectivity index (χ1n) is 6.41. The van der Waals surface area contributed by atoms with Crippen molar-refractivity contribution in [3.63, 3.8) is 0 Å². The van der Waals surface area contributed by atoms with Gasteiger partial charge in [-0.3, -0.25) is 4.98 Å². The highest BCUT2D eigenvalue weighted by atomic mass is 79.9. The van der Waals surface area contributed by atoms with E-state index in [1.807, 2.05) is 12.1 Å². The normalized spacial score (nSPS) is 14.8. The van der Waals surface area contributed by atoms with E-state index in [4.69, 9.17) is 11.6 Å². The molecule has 19 heavy (non-hydrogen) atoms. The number of nitrogens with zero attached hydrogens (tertiary/aromatic N) is 3. The van der Waals surface area contributed by atoms with Gasteiger partial charge >= 0.3 is 0 Å². The molecule has 5 heteroatoms. The molecule has 0 spiro atoms. The molecule has 3 rings (SSSR count). The molecule has 0 N–H and O–H groups in total. The van der Waals surface area contributed by atoms with Crippen LogP contribution < -0.4 is 0 Å². The lowest BCUT2D eigenvalue weighted by Gasteiger charge is -2.09. The van der Waals surface area contributed by atoms with E-state index in [1.165, 1.54) is 19.3 Å². The molecule has 2 heterocycles. The standard InChI is InChI=1S/C14H13BrClN3/c15-9-6-7-12(17-8-9)14-18-11-5-3-1-2-4-10(11)13(16)19-14/h6-8H,1-5H2. The smallest absolute Gasteiger partial charge is 0.179 e. The molecule has 0 saturated carbocycles. The minimum absolute atomic E-state index is 0.589. The number of aryl methyl sites for hydroxylation is 1. The molecule has 1 aliphatic carbocycles. The van der Waals surface area contributed by atoms with Crippen molar-refractivity contribution in [1.82, 2.24) is 15.0 Å². The monoisotopic (exact) mass is 337 g/mol. The first-order chi connectivity index (χ1) is 9.24. The van der Waals surface area contributed by atoms with Gasteiger partial charge in [0.05, 0.1) is 0 Å². The van der Waals surface area contributed by atoms with Crippen molar-refractivity contribution in [3.8, 4) is 11.5 Å². The highest BCUT2D eigenvalue weighted by Crippen LogP contribution is 2.27. The Morgan fingerprint density at radius 2 is 1.89 bits per heavy atom. The maximum absolute atomic E-state index is 6.31. The third-order valence-electron chi connectivity index (χ3n) is 3.34. The summed E-state index contributed by atoms with van der Waals surface area (Å²) in [7, 11) is 0. The molecular formula is C14H13BrClN3. The summed E-state index contributed by atoms with van der Waals surface area (Å²) >= 11 is 9.69. The Morgan fingerprint density at radius 1 is 1.05 bits per heavy atom. The Kier molecular flexibility index (Phi) is 3.80. The second-order valence-electron chi connectivity index (χ2n) is 4.69. The van der Waals surface area contributed by atoms with Gasteiger partial charge in [0.25, 0.3) is 0 Å². The van der Waals surface area contributed by atoms with Crippen LogP contribution in [0.1, 0.15) is 30.5 Å². The third kappa shape index (κ3) is 2.79. The Balaban J connectivity index is 2.06. The molecule has 98 valence electrons. The lowest BCUT2D eigenvalue weighted by atomic mass is 10.1. The summed E-state index contributed by atoms with van der Waals surface area (Å²) in [6, 6.07) is 3.84. The Morgan fingerprint density at radius 3 is 2.68 bits per heavy atom. The first-order valence-corrected chi connectivity index (χ1v) is 7.58. The van der Waals surface area contributed by atoms with Gasteiger partial charge in [-0.1, -0.05) is 18.0 Å². The summed E-state index contributed by atoms with van der Waals surface area (Å²) in [6.07, 6.45) is 7.31. The minimum Gasteiger partial charge on any atom is -0.252 e. The third-order valence-corrected chi connectivity index (χ3v) is 4.12. The topological polar surface area (TPSA) is 38.7 Å². The van der Waals surface area contributed by atoms with Crippen LogP contribution in [0, 0.1) is 0 Å². The summed E-state index contributed by atoms with van der Waals surface area (Å²) < 4.78 is 0.942. The summed E-state index contributed by atoms with van der Waals surface area (Å²) in [5.74, 6) is 0.623. The van der Waals surface area contributed by atoms with Gasteiger partial charge in [0.1, 0.15) is 10.8 Å². The van der Waals surface area contributed by atoms with E-state index in [2.05, 4.69) is 30.9 Å². The SMILES string of the molecule is Clc1nc(-c2ccc(Br)cn2)nc2c1CCCCC2. The van der Waals surface area contributed by atoms with Crippen LogP contribution in [0.3, 0.4) is 0 Å². The average Bonchev–Trinajstić information content (AvgIpc) is 2.65. The van der Waals surface area contributed by atoms with Crippen LogP contribution in [0.2, 0.25) is 5.15 Å². The second-order valence-corrected chi connectivity index (χ2v) is 5.96. The number of hydrogen-bond acceptors (Lipinski definition) is 3. The predicted octanol–water partition coefficient (Wildman–Crippen LogP) is 4.22. The Bertz CT molecular complexity index is 598.